The summed E-state index contributed by atoms with van der Waals surface area (Å²) < 4.78 is 7.74. The monoisotopic (exact) mass is 321 g/mol. The van der Waals surface area contributed by atoms with Crippen LogP contribution >= 0.6 is 11.6 Å². The van der Waals surface area contributed by atoms with Crippen LogP contribution in [0.3, 0.4) is 0 Å². The number of aromatic nitrogens is 2. The molecule has 0 saturated carbocycles. The Kier molecular flexibility index (Phi) is 6.43. The number of halogens is 1. The summed E-state index contributed by atoms with van der Waals surface area (Å²) >= 11 is 6.35. The second-order valence-corrected chi connectivity index (χ2v) is 6.12. The van der Waals surface area contributed by atoms with Crippen molar-refractivity contribution in [2.24, 2.45) is 7.05 Å². The molecule has 0 N–H and O–H groups in total. The number of hydrogen-bond donors (Lipinski definition) is 0. The standard InChI is InChI=1S/C17H24ClN3O/c1-20(2)9-5-11-22-17(18)15-7-4-6-14(12-15)13-16-19-8-10-21(16)3/h4,6-8,10,12,17H,5,9,11,13H2,1-3H3. The van der Waals surface area contributed by atoms with Crippen LogP contribution in [0.15, 0.2) is 36.7 Å². The zero-order valence-electron chi connectivity index (χ0n) is 13.5. The van der Waals surface area contributed by atoms with E-state index in [-0.39, 0.29) is 0 Å². The summed E-state index contributed by atoms with van der Waals surface area (Å²) in [5.74, 6) is 1.04. The first-order chi connectivity index (χ1) is 10.6. The van der Waals surface area contributed by atoms with Gasteiger partial charge in [-0.1, -0.05) is 35.9 Å². The van der Waals surface area contributed by atoms with Gasteiger partial charge in [0, 0.05) is 25.9 Å². The Balaban J connectivity index is 1.91. The molecule has 1 aromatic carbocycles. The molecule has 0 amide bonds. The number of imidazole rings is 1. The zero-order valence-corrected chi connectivity index (χ0v) is 14.3. The number of aryl methyl sites for hydroxylation is 1. The molecule has 5 heteroatoms. The lowest BCUT2D eigenvalue weighted by atomic mass is 10.1. The van der Waals surface area contributed by atoms with E-state index in [0.717, 1.165) is 30.8 Å². The van der Waals surface area contributed by atoms with Gasteiger partial charge in [0.25, 0.3) is 0 Å². The van der Waals surface area contributed by atoms with Crippen molar-refractivity contribution in [3.05, 3.63) is 53.6 Å². The molecule has 2 rings (SSSR count). The minimum Gasteiger partial charge on any atom is -0.358 e. The fourth-order valence-electron chi connectivity index (χ4n) is 2.26. The van der Waals surface area contributed by atoms with Gasteiger partial charge in [0.15, 0.2) is 5.56 Å². The fourth-order valence-corrected chi connectivity index (χ4v) is 2.48. The minimum absolute atomic E-state index is 0.400. The Morgan fingerprint density at radius 3 is 2.86 bits per heavy atom. The van der Waals surface area contributed by atoms with Gasteiger partial charge in [-0.15, -0.1) is 0 Å². The molecule has 120 valence electrons. The molecular formula is C17H24ClN3O. The van der Waals surface area contributed by atoms with Crippen molar-refractivity contribution in [3.63, 3.8) is 0 Å². The van der Waals surface area contributed by atoms with Gasteiger partial charge in [-0.05, 0) is 38.2 Å². The lowest BCUT2D eigenvalue weighted by molar-refractivity contribution is 0.101. The maximum atomic E-state index is 6.35. The van der Waals surface area contributed by atoms with Crippen molar-refractivity contribution >= 4 is 11.6 Å². The highest BCUT2D eigenvalue weighted by Crippen LogP contribution is 2.23. The first kappa shape index (κ1) is 17.0. The predicted octanol–water partition coefficient (Wildman–Crippen LogP) is 3.22. The van der Waals surface area contributed by atoms with Gasteiger partial charge < -0.3 is 14.2 Å². The molecule has 0 aliphatic heterocycles. The average molecular weight is 322 g/mol. The van der Waals surface area contributed by atoms with Gasteiger partial charge >= 0.3 is 0 Å². The van der Waals surface area contributed by atoms with Crippen LogP contribution < -0.4 is 0 Å². The third kappa shape index (κ3) is 5.13. The molecule has 0 aliphatic carbocycles. The van der Waals surface area contributed by atoms with Crippen LogP contribution in [0.25, 0.3) is 0 Å². The van der Waals surface area contributed by atoms with Gasteiger partial charge in [0.2, 0.25) is 0 Å². The van der Waals surface area contributed by atoms with Crippen molar-refractivity contribution in [1.29, 1.82) is 0 Å². The van der Waals surface area contributed by atoms with Gasteiger partial charge in [-0.25, -0.2) is 4.98 Å². The van der Waals surface area contributed by atoms with Crippen LogP contribution in [0.2, 0.25) is 0 Å². The van der Waals surface area contributed by atoms with Crippen molar-refractivity contribution in [1.82, 2.24) is 14.5 Å². The van der Waals surface area contributed by atoms with E-state index in [2.05, 4.69) is 36.1 Å². The van der Waals surface area contributed by atoms with E-state index in [4.69, 9.17) is 16.3 Å². The molecule has 0 saturated heterocycles. The summed E-state index contributed by atoms with van der Waals surface area (Å²) in [4.78, 5) is 6.50. The van der Waals surface area contributed by atoms with E-state index < -0.39 is 5.56 Å². The Morgan fingerprint density at radius 2 is 2.18 bits per heavy atom. The van der Waals surface area contributed by atoms with Crippen LogP contribution in [0.1, 0.15) is 28.9 Å². The number of alkyl halides is 1. The summed E-state index contributed by atoms with van der Waals surface area (Å²) in [5.41, 5.74) is 1.79. The van der Waals surface area contributed by atoms with Crippen molar-refractivity contribution < 1.29 is 4.74 Å². The molecular weight excluding hydrogens is 298 g/mol. The van der Waals surface area contributed by atoms with Crippen LogP contribution in [-0.2, 0) is 18.2 Å². The molecule has 1 unspecified atom stereocenters. The summed E-state index contributed by atoms with van der Waals surface area (Å²) in [5, 5.41) is 0. The molecule has 0 aliphatic rings. The first-order valence-electron chi connectivity index (χ1n) is 7.51. The number of hydrogen-bond acceptors (Lipinski definition) is 3. The predicted molar refractivity (Wildman–Crippen MR) is 90.2 cm³/mol. The maximum absolute atomic E-state index is 6.35. The minimum atomic E-state index is -0.400. The van der Waals surface area contributed by atoms with Crippen LogP contribution in [0.5, 0.6) is 0 Å². The van der Waals surface area contributed by atoms with E-state index in [1.54, 1.807) is 0 Å². The molecule has 0 bridgehead atoms. The molecule has 1 atom stereocenters. The maximum Gasteiger partial charge on any atom is 0.156 e. The average Bonchev–Trinajstić information content (AvgIpc) is 2.89. The summed E-state index contributed by atoms with van der Waals surface area (Å²) in [6.45, 7) is 1.67. The van der Waals surface area contributed by atoms with E-state index in [0.29, 0.717) is 6.61 Å². The summed E-state index contributed by atoms with van der Waals surface area (Å²) in [7, 11) is 6.11. The zero-order chi connectivity index (χ0) is 15.9. The number of nitrogens with zero attached hydrogens (tertiary/aromatic N) is 3. The molecule has 22 heavy (non-hydrogen) atoms. The SMILES string of the molecule is CN(C)CCCOC(Cl)c1cccc(Cc2nccn2C)c1. The van der Waals surface area contributed by atoms with E-state index >= 15 is 0 Å². The Bertz CT molecular complexity index is 583. The molecule has 2 aromatic rings. The molecule has 0 spiro atoms. The van der Waals surface area contributed by atoms with E-state index in [1.807, 2.05) is 36.1 Å². The highest BCUT2D eigenvalue weighted by molar-refractivity contribution is 6.19. The van der Waals surface area contributed by atoms with Crippen LogP contribution in [-0.4, -0.2) is 41.7 Å². The van der Waals surface area contributed by atoms with Gasteiger partial charge in [-0.3, -0.25) is 0 Å². The van der Waals surface area contributed by atoms with Gasteiger partial charge in [-0.2, -0.15) is 0 Å². The van der Waals surface area contributed by atoms with Crippen molar-refractivity contribution in [2.45, 2.75) is 18.4 Å². The van der Waals surface area contributed by atoms with Crippen LogP contribution in [0.4, 0.5) is 0 Å². The fraction of sp³-hybridized carbons (Fsp3) is 0.471. The van der Waals surface area contributed by atoms with Crippen molar-refractivity contribution in [3.8, 4) is 0 Å². The molecule has 1 heterocycles. The largest absolute Gasteiger partial charge is 0.358 e. The Hall–Kier alpha value is -1.36. The third-order valence-electron chi connectivity index (χ3n) is 3.51. The molecule has 4 nitrogen and oxygen atoms in total. The Morgan fingerprint density at radius 1 is 1.36 bits per heavy atom. The first-order valence-corrected chi connectivity index (χ1v) is 7.95. The summed E-state index contributed by atoms with van der Waals surface area (Å²) in [6.07, 6.45) is 5.54. The number of benzene rings is 1. The van der Waals surface area contributed by atoms with E-state index in [1.165, 1.54) is 5.56 Å². The smallest absolute Gasteiger partial charge is 0.156 e. The van der Waals surface area contributed by atoms with Crippen LogP contribution in [0, 0.1) is 0 Å². The molecule has 0 radical (unpaired) electrons. The lowest BCUT2D eigenvalue weighted by Crippen LogP contribution is -2.15. The Labute approximate surface area is 137 Å². The van der Waals surface area contributed by atoms with Crippen molar-refractivity contribution in [2.75, 3.05) is 27.2 Å². The summed E-state index contributed by atoms with van der Waals surface area (Å²) in [6, 6.07) is 8.21. The molecule has 1 aromatic heterocycles. The topological polar surface area (TPSA) is 30.3 Å². The second kappa shape index (κ2) is 8.32. The number of ether oxygens (including phenoxy) is 1. The third-order valence-corrected chi connectivity index (χ3v) is 3.89. The highest BCUT2D eigenvalue weighted by atomic mass is 35.5. The van der Waals surface area contributed by atoms with Gasteiger partial charge in [0.05, 0.1) is 6.61 Å². The normalized spacial score (nSPS) is 12.8. The molecule has 0 fully saturated rings. The highest BCUT2D eigenvalue weighted by Gasteiger charge is 2.10. The van der Waals surface area contributed by atoms with Gasteiger partial charge in [0.1, 0.15) is 5.82 Å². The number of rotatable bonds is 8. The quantitative estimate of drug-likeness (QED) is 0.552. The second-order valence-electron chi connectivity index (χ2n) is 5.72. The lowest BCUT2D eigenvalue weighted by Gasteiger charge is -2.14. The van der Waals surface area contributed by atoms with E-state index in [9.17, 15) is 0 Å².